The Morgan fingerprint density at radius 2 is 1.42 bits per heavy atom. The van der Waals surface area contributed by atoms with Crippen LogP contribution in [0, 0.1) is 0 Å². The molecule has 168 valence electrons. The van der Waals surface area contributed by atoms with Crippen molar-refractivity contribution in [2.24, 2.45) is 5.73 Å². The van der Waals surface area contributed by atoms with Crippen molar-refractivity contribution in [3.8, 4) is 0 Å². The summed E-state index contributed by atoms with van der Waals surface area (Å²) in [6.07, 6.45) is -0.573. The first-order valence-electron chi connectivity index (χ1n) is 10.4. The maximum atomic E-state index is 12.3. The molecule has 7 heteroatoms. The van der Waals surface area contributed by atoms with Crippen LogP contribution in [0.25, 0.3) is 0 Å². The van der Waals surface area contributed by atoms with Crippen LogP contribution in [0.1, 0.15) is 41.5 Å². The molecule has 0 spiro atoms. The molecule has 0 saturated heterocycles. The third-order valence-electron chi connectivity index (χ3n) is 4.92. The molecule has 5 nitrogen and oxygen atoms in total. The highest BCUT2D eigenvalue weighted by Gasteiger charge is 2.50. The summed E-state index contributed by atoms with van der Waals surface area (Å²) in [5, 5.41) is 4.87. The summed E-state index contributed by atoms with van der Waals surface area (Å²) in [7, 11) is -2.76. The maximum absolute atomic E-state index is 12.3. The molecule has 0 aliphatic rings. The van der Waals surface area contributed by atoms with Crippen molar-refractivity contribution in [3.05, 3.63) is 60.7 Å². The van der Waals surface area contributed by atoms with Gasteiger partial charge in [0.15, 0.2) is 0 Å². The number of hydrogen-bond acceptors (Lipinski definition) is 4. The van der Waals surface area contributed by atoms with Gasteiger partial charge in [-0.05, 0) is 36.2 Å². The fraction of sp³-hybridized carbons (Fsp3) is 0.417. The smallest absolute Gasteiger partial charge is 0.408 e. The molecule has 1 unspecified atom stereocenters. The number of amides is 1. The number of carbonyl (C=O) groups excluding carboxylic acids is 1. The fourth-order valence-corrected chi connectivity index (χ4v) is 8.31. The molecule has 0 aliphatic heterocycles. The van der Waals surface area contributed by atoms with Crippen LogP contribution in [0.3, 0.4) is 0 Å². The summed E-state index contributed by atoms with van der Waals surface area (Å²) in [6.45, 7) is 12.1. The zero-order chi connectivity index (χ0) is 23.3. The standard InChI is InChI=1S/C24H34N2O3SSi/c1-23(2,3)29-22(27)26-20(21(25)30)17-28-31(24(4,5)6,18-13-9-7-10-14-18)19-15-11-8-12-16-19/h7-16,20H,17H2,1-6H3,(H2,25,30)(H,26,27). The molecule has 0 bridgehead atoms. The number of alkyl carbamates (subject to hydrolysis) is 1. The van der Waals surface area contributed by atoms with Crippen LogP contribution in [-0.2, 0) is 9.16 Å². The van der Waals surface area contributed by atoms with Crippen molar-refractivity contribution in [1.29, 1.82) is 0 Å². The van der Waals surface area contributed by atoms with Gasteiger partial charge in [0.1, 0.15) is 11.6 Å². The van der Waals surface area contributed by atoms with Gasteiger partial charge in [0.2, 0.25) is 0 Å². The van der Waals surface area contributed by atoms with Crippen LogP contribution < -0.4 is 21.4 Å². The summed E-state index contributed by atoms with van der Waals surface area (Å²) in [6, 6.07) is 19.9. The first-order valence-corrected chi connectivity index (χ1v) is 12.7. The minimum absolute atomic E-state index is 0.155. The van der Waals surface area contributed by atoms with Crippen LogP contribution in [0.4, 0.5) is 4.79 Å². The third-order valence-corrected chi connectivity index (χ3v) is 10.2. The number of hydrogen-bond donors (Lipinski definition) is 2. The van der Waals surface area contributed by atoms with Crippen molar-refractivity contribution in [2.45, 2.75) is 58.2 Å². The zero-order valence-electron chi connectivity index (χ0n) is 19.3. The van der Waals surface area contributed by atoms with Crippen molar-refractivity contribution >= 4 is 42.0 Å². The average molecular weight is 459 g/mol. The monoisotopic (exact) mass is 458 g/mol. The van der Waals surface area contributed by atoms with E-state index in [0.717, 1.165) is 10.4 Å². The molecular formula is C24H34N2O3SSi. The van der Waals surface area contributed by atoms with E-state index >= 15 is 0 Å². The van der Waals surface area contributed by atoms with E-state index in [9.17, 15) is 4.79 Å². The number of nitrogens with two attached hydrogens (primary N) is 1. The summed E-state index contributed by atoms with van der Waals surface area (Å²) in [5.74, 6) is 0. The highest BCUT2D eigenvalue weighted by molar-refractivity contribution is 7.80. The molecule has 1 atom stereocenters. The van der Waals surface area contributed by atoms with Crippen molar-refractivity contribution in [3.63, 3.8) is 0 Å². The topological polar surface area (TPSA) is 73.6 Å². The van der Waals surface area contributed by atoms with Gasteiger partial charge in [-0.25, -0.2) is 4.79 Å². The summed E-state index contributed by atoms with van der Waals surface area (Å²) in [5.41, 5.74) is 5.34. The molecule has 3 N–H and O–H groups in total. The fourth-order valence-electron chi connectivity index (χ4n) is 3.61. The minimum atomic E-state index is -2.76. The molecule has 0 heterocycles. The second-order valence-electron chi connectivity index (χ2n) is 9.58. The summed E-state index contributed by atoms with van der Waals surface area (Å²) in [4.78, 5) is 12.5. The van der Waals surface area contributed by atoms with Gasteiger partial charge in [-0.2, -0.15) is 0 Å². The van der Waals surface area contributed by atoms with Crippen LogP contribution >= 0.6 is 12.2 Å². The van der Waals surface area contributed by atoms with Gasteiger partial charge in [0.05, 0.1) is 11.6 Å². The van der Waals surface area contributed by atoms with E-state index in [4.69, 9.17) is 27.1 Å². The molecule has 0 aromatic heterocycles. The van der Waals surface area contributed by atoms with Gasteiger partial charge < -0.3 is 20.2 Å². The lowest BCUT2D eigenvalue weighted by Gasteiger charge is -2.43. The van der Waals surface area contributed by atoms with E-state index in [1.54, 1.807) is 20.8 Å². The van der Waals surface area contributed by atoms with Crippen molar-refractivity contribution < 1.29 is 14.0 Å². The van der Waals surface area contributed by atoms with Gasteiger partial charge in [-0.1, -0.05) is 93.7 Å². The van der Waals surface area contributed by atoms with E-state index in [-0.39, 0.29) is 16.6 Å². The average Bonchev–Trinajstić information content (AvgIpc) is 2.66. The lowest BCUT2D eigenvalue weighted by atomic mass is 10.2. The number of carbonyl (C=O) groups is 1. The lowest BCUT2D eigenvalue weighted by Crippen LogP contribution is -2.67. The van der Waals surface area contributed by atoms with Gasteiger partial charge in [0.25, 0.3) is 8.32 Å². The second kappa shape index (κ2) is 9.93. The molecule has 0 saturated carbocycles. The third kappa shape index (κ3) is 6.38. The molecule has 0 radical (unpaired) electrons. The van der Waals surface area contributed by atoms with Crippen LogP contribution in [0.15, 0.2) is 60.7 Å². The molecule has 0 aliphatic carbocycles. The number of nitrogens with one attached hydrogen (secondary N) is 1. The molecule has 0 fully saturated rings. The molecule has 2 aromatic carbocycles. The Morgan fingerprint density at radius 3 is 1.77 bits per heavy atom. The Labute approximate surface area is 192 Å². The number of ether oxygens (including phenoxy) is 1. The quantitative estimate of drug-likeness (QED) is 0.488. The predicted octanol–water partition coefficient (Wildman–Crippen LogP) is 3.74. The Morgan fingerprint density at radius 1 is 0.968 bits per heavy atom. The predicted molar refractivity (Wildman–Crippen MR) is 134 cm³/mol. The van der Waals surface area contributed by atoms with Crippen molar-refractivity contribution in [1.82, 2.24) is 5.32 Å². The lowest BCUT2D eigenvalue weighted by molar-refractivity contribution is 0.0506. The van der Waals surface area contributed by atoms with Gasteiger partial charge in [-0.3, -0.25) is 0 Å². The van der Waals surface area contributed by atoms with E-state index < -0.39 is 26.1 Å². The first kappa shape index (κ1) is 25.0. The van der Waals surface area contributed by atoms with Crippen LogP contribution in [0.2, 0.25) is 5.04 Å². The highest BCUT2D eigenvalue weighted by Crippen LogP contribution is 2.36. The molecular weight excluding hydrogens is 424 g/mol. The molecule has 1 amide bonds. The van der Waals surface area contributed by atoms with E-state index in [1.807, 2.05) is 36.4 Å². The van der Waals surface area contributed by atoms with E-state index in [1.165, 1.54) is 0 Å². The van der Waals surface area contributed by atoms with Gasteiger partial charge in [0, 0.05) is 0 Å². The number of rotatable bonds is 7. The SMILES string of the molecule is CC(C)(C)OC(=O)NC(CO[Si](c1ccccc1)(c1ccccc1)C(C)(C)C)C(N)=S. The number of benzene rings is 2. The zero-order valence-corrected chi connectivity index (χ0v) is 21.1. The minimum Gasteiger partial charge on any atom is -0.444 e. The van der Waals surface area contributed by atoms with Crippen LogP contribution in [0.5, 0.6) is 0 Å². The first-order chi connectivity index (χ1) is 14.4. The Kier molecular flexibility index (Phi) is 8.02. The van der Waals surface area contributed by atoms with E-state index in [0.29, 0.717) is 0 Å². The normalized spacial score (nSPS) is 13.4. The van der Waals surface area contributed by atoms with Crippen LogP contribution in [-0.4, -0.2) is 37.6 Å². The second-order valence-corrected chi connectivity index (χ2v) is 14.4. The Hall–Kier alpha value is -2.22. The molecule has 2 aromatic rings. The van der Waals surface area contributed by atoms with Crippen molar-refractivity contribution in [2.75, 3.05) is 6.61 Å². The maximum Gasteiger partial charge on any atom is 0.408 e. The molecule has 2 rings (SSSR count). The van der Waals surface area contributed by atoms with Gasteiger partial charge >= 0.3 is 6.09 Å². The van der Waals surface area contributed by atoms with Gasteiger partial charge in [-0.15, -0.1) is 0 Å². The Bertz CT molecular complexity index is 838. The largest absolute Gasteiger partial charge is 0.444 e. The number of thiocarbonyl (C=S) groups is 1. The Balaban J connectivity index is 2.43. The summed E-state index contributed by atoms with van der Waals surface area (Å²) < 4.78 is 12.2. The highest BCUT2D eigenvalue weighted by atomic mass is 32.1. The molecule has 31 heavy (non-hydrogen) atoms. The van der Waals surface area contributed by atoms with E-state index in [2.05, 4.69) is 50.4 Å². The summed E-state index contributed by atoms with van der Waals surface area (Å²) >= 11 is 5.23.